The lowest BCUT2D eigenvalue weighted by Gasteiger charge is -2.22. The number of methoxy groups -OCH3 is 1. The van der Waals surface area contributed by atoms with E-state index in [2.05, 4.69) is 4.98 Å². The summed E-state index contributed by atoms with van der Waals surface area (Å²) < 4.78 is 10.8. The van der Waals surface area contributed by atoms with Crippen LogP contribution in [-0.2, 0) is 4.74 Å². The maximum absolute atomic E-state index is 5.53. The van der Waals surface area contributed by atoms with E-state index in [1.54, 1.807) is 25.4 Å². The van der Waals surface area contributed by atoms with Crippen molar-refractivity contribution in [1.82, 2.24) is 4.98 Å². The fourth-order valence-electron chi connectivity index (χ4n) is 1.03. The van der Waals surface area contributed by atoms with Crippen LogP contribution in [0.3, 0.4) is 0 Å². The third kappa shape index (κ3) is 4.16. The molecule has 4 heteroatoms. The second-order valence-corrected chi connectivity index (χ2v) is 3.98. The zero-order valence-corrected chi connectivity index (χ0v) is 9.49. The molecule has 0 amide bonds. The number of rotatable bonds is 5. The molecule has 2 N–H and O–H groups in total. The Morgan fingerprint density at radius 1 is 1.47 bits per heavy atom. The summed E-state index contributed by atoms with van der Waals surface area (Å²) in [6.07, 6.45) is 2.46. The van der Waals surface area contributed by atoms with Crippen LogP contribution in [0, 0.1) is 0 Å². The Hall–Kier alpha value is -1.29. The minimum atomic E-state index is -0.154. The highest BCUT2D eigenvalue weighted by Crippen LogP contribution is 2.16. The fourth-order valence-corrected chi connectivity index (χ4v) is 1.03. The SMILES string of the molecule is COC(C)(C)CCOc1ccnc(N)c1. The predicted octanol–water partition coefficient (Wildman–Crippen LogP) is 1.86. The maximum Gasteiger partial charge on any atom is 0.126 e. The summed E-state index contributed by atoms with van der Waals surface area (Å²) in [5, 5.41) is 0. The molecule has 0 atom stereocenters. The highest BCUT2D eigenvalue weighted by atomic mass is 16.5. The molecule has 4 nitrogen and oxygen atoms in total. The van der Waals surface area contributed by atoms with Gasteiger partial charge in [-0.2, -0.15) is 0 Å². The summed E-state index contributed by atoms with van der Waals surface area (Å²) in [5.41, 5.74) is 5.37. The van der Waals surface area contributed by atoms with E-state index >= 15 is 0 Å². The molecule has 0 unspecified atom stereocenters. The molecule has 0 aliphatic rings. The summed E-state index contributed by atoms with van der Waals surface area (Å²) >= 11 is 0. The van der Waals surface area contributed by atoms with E-state index in [9.17, 15) is 0 Å². The van der Waals surface area contributed by atoms with Crippen LogP contribution in [0.1, 0.15) is 20.3 Å². The highest BCUT2D eigenvalue weighted by Gasteiger charge is 2.15. The van der Waals surface area contributed by atoms with Crippen molar-refractivity contribution in [3.63, 3.8) is 0 Å². The molecule has 0 fully saturated rings. The molecule has 1 aromatic rings. The van der Waals surface area contributed by atoms with Gasteiger partial charge in [0.2, 0.25) is 0 Å². The van der Waals surface area contributed by atoms with E-state index in [4.69, 9.17) is 15.2 Å². The third-order valence-electron chi connectivity index (χ3n) is 2.28. The smallest absolute Gasteiger partial charge is 0.126 e. The Bertz CT molecular complexity index is 313. The Morgan fingerprint density at radius 2 is 2.20 bits per heavy atom. The first kappa shape index (κ1) is 11.8. The average Bonchev–Trinajstić information content (AvgIpc) is 2.18. The van der Waals surface area contributed by atoms with Crippen molar-refractivity contribution in [3.8, 4) is 5.75 Å². The van der Waals surface area contributed by atoms with Crippen molar-refractivity contribution in [2.24, 2.45) is 0 Å². The summed E-state index contributed by atoms with van der Waals surface area (Å²) in [7, 11) is 1.70. The van der Waals surface area contributed by atoms with Gasteiger partial charge in [0.25, 0.3) is 0 Å². The number of ether oxygens (including phenoxy) is 2. The molecule has 0 saturated carbocycles. The first-order valence-electron chi connectivity index (χ1n) is 4.93. The average molecular weight is 210 g/mol. The van der Waals surface area contributed by atoms with Gasteiger partial charge < -0.3 is 15.2 Å². The van der Waals surface area contributed by atoms with Gasteiger partial charge in [0.05, 0.1) is 12.2 Å². The molecular weight excluding hydrogens is 192 g/mol. The Kier molecular flexibility index (Phi) is 3.91. The number of pyridine rings is 1. The monoisotopic (exact) mass is 210 g/mol. The molecule has 0 bridgehead atoms. The standard InChI is InChI=1S/C11H18N2O2/c1-11(2,14-3)5-7-15-9-4-6-13-10(12)8-9/h4,6,8H,5,7H2,1-3H3,(H2,12,13). The fraction of sp³-hybridized carbons (Fsp3) is 0.545. The lowest BCUT2D eigenvalue weighted by Crippen LogP contribution is -2.25. The molecule has 0 aliphatic carbocycles. The van der Waals surface area contributed by atoms with Crippen molar-refractivity contribution in [3.05, 3.63) is 18.3 Å². The number of nitrogen functional groups attached to an aromatic ring is 1. The number of anilines is 1. The van der Waals surface area contributed by atoms with Crippen LogP contribution in [0.25, 0.3) is 0 Å². The van der Waals surface area contributed by atoms with Gasteiger partial charge in [0.1, 0.15) is 11.6 Å². The Balaban J connectivity index is 2.38. The van der Waals surface area contributed by atoms with Gasteiger partial charge in [0.15, 0.2) is 0 Å². The molecule has 1 aromatic heterocycles. The van der Waals surface area contributed by atoms with E-state index in [1.165, 1.54) is 0 Å². The van der Waals surface area contributed by atoms with Crippen LogP contribution < -0.4 is 10.5 Å². The largest absolute Gasteiger partial charge is 0.493 e. The van der Waals surface area contributed by atoms with Crippen molar-refractivity contribution >= 4 is 5.82 Å². The second-order valence-electron chi connectivity index (χ2n) is 3.98. The van der Waals surface area contributed by atoms with Gasteiger partial charge in [-0.3, -0.25) is 0 Å². The van der Waals surface area contributed by atoms with E-state index < -0.39 is 0 Å². The van der Waals surface area contributed by atoms with E-state index in [1.807, 2.05) is 13.8 Å². The quantitative estimate of drug-likeness (QED) is 0.805. The maximum atomic E-state index is 5.53. The van der Waals surface area contributed by atoms with Crippen molar-refractivity contribution < 1.29 is 9.47 Å². The van der Waals surface area contributed by atoms with Gasteiger partial charge in [-0.15, -0.1) is 0 Å². The lowest BCUT2D eigenvalue weighted by atomic mass is 10.1. The van der Waals surface area contributed by atoms with Gasteiger partial charge in [-0.05, 0) is 19.9 Å². The Morgan fingerprint density at radius 3 is 2.80 bits per heavy atom. The first-order chi connectivity index (χ1) is 7.03. The van der Waals surface area contributed by atoms with Crippen LogP contribution in [0.15, 0.2) is 18.3 Å². The number of hydrogen-bond donors (Lipinski definition) is 1. The summed E-state index contributed by atoms with van der Waals surface area (Å²) in [6, 6.07) is 3.50. The van der Waals surface area contributed by atoms with Gasteiger partial charge >= 0.3 is 0 Å². The highest BCUT2D eigenvalue weighted by molar-refractivity contribution is 5.35. The molecular formula is C11H18N2O2. The van der Waals surface area contributed by atoms with Crippen LogP contribution >= 0.6 is 0 Å². The molecule has 0 aliphatic heterocycles. The zero-order valence-electron chi connectivity index (χ0n) is 9.49. The van der Waals surface area contributed by atoms with Gasteiger partial charge in [0, 0.05) is 25.8 Å². The number of hydrogen-bond acceptors (Lipinski definition) is 4. The zero-order chi connectivity index (χ0) is 11.3. The van der Waals surface area contributed by atoms with E-state index in [-0.39, 0.29) is 5.60 Å². The normalized spacial score (nSPS) is 11.4. The summed E-state index contributed by atoms with van der Waals surface area (Å²) in [5.74, 6) is 1.22. The molecule has 1 heterocycles. The molecule has 84 valence electrons. The third-order valence-corrected chi connectivity index (χ3v) is 2.28. The Labute approximate surface area is 90.4 Å². The molecule has 0 spiro atoms. The molecule has 15 heavy (non-hydrogen) atoms. The molecule has 0 radical (unpaired) electrons. The predicted molar refractivity (Wildman–Crippen MR) is 59.8 cm³/mol. The molecule has 0 saturated heterocycles. The summed E-state index contributed by atoms with van der Waals surface area (Å²) in [4.78, 5) is 3.89. The summed E-state index contributed by atoms with van der Waals surface area (Å²) in [6.45, 7) is 4.65. The second kappa shape index (κ2) is 4.98. The minimum absolute atomic E-state index is 0.154. The number of aromatic nitrogens is 1. The van der Waals surface area contributed by atoms with Crippen LogP contribution in [0.4, 0.5) is 5.82 Å². The van der Waals surface area contributed by atoms with E-state index in [0.29, 0.717) is 12.4 Å². The van der Waals surface area contributed by atoms with Crippen LogP contribution in [-0.4, -0.2) is 24.3 Å². The van der Waals surface area contributed by atoms with Gasteiger partial charge in [-0.1, -0.05) is 0 Å². The van der Waals surface area contributed by atoms with Crippen LogP contribution in [0.5, 0.6) is 5.75 Å². The minimum Gasteiger partial charge on any atom is -0.493 e. The van der Waals surface area contributed by atoms with E-state index in [0.717, 1.165) is 12.2 Å². The van der Waals surface area contributed by atoms with Crippen LogP contribution in [0.2, 0.25) is 0 Å². The van der Waals surface area contributed by atoms with Crippen molar-refractivity contribution in [1.29, 1.82) is 0 Å². The number of nitrogens with zero attached hydrogens (tertiary/aromatic N) is 1. The molecule has 0 aromatic carbocycles. The lowest BCUT2D eigenvalue weighted by molar-refractivity contribution is 0.00546. The number of nitrogens with two attached hydrogens (primary N) is 1. The van der Waals surface area contributed by atoms with Crippen molar-refractivity contribution in [2.75, 3.05) is 19.5 Å². The molecule has 1 rings (SSSR count). The topological polar surface area (TPSA) is 57.4 Å². The first-order valence-corrected chi connectivity index (χ1v) is 4.93. The van der Waals surface area contributed by atoms with Crippen molar-refractivity contribution in [2.45, 2.75) is 25.9 Å². The van der Waals surface area contributed by atoms with Gasteiger partial charge in [-0.25, -0.2) is 4.98 Å².